The normalized spacial score (nSPS) is 23.6. The maximum atomic E-state index is 12.3. The molecule has 1 aliphatic rings. The van der Waals surface area contributed by atoms with Gasteiger partial charge in [0.15, 0.2) is 0 Å². The molecule has 5 heteroatoms. The second kappa shape index (κ2) is 6.42. The van der Waals surface area contributed by atoms with Gasteiger partial charge in [-0.05, 0) is 30.2 Å². The summed E-state index contributed by atoms with van der Waals surface area (Å²) in [6.45, 7) is 2.03. The molecule has 1 saturated heterocycles. The van der Waals surface area contributed by atoms with Gasteiger partial charge in [-0.2, -0.15) is 0 Å². The molecule has 3 nitrogen and oxygen atoms in total. The molecule has 0 bridgehead atoms. The number of ether oxygens (including phenoxy) is 1. The fourth-order valence-electron chi connectivity index (χ4n) is 3.01. The SMILES string of the molecule is CCC1(c2ccccc2)CC(Nc2cc(Cl)cc(Cl)c2)C(=O)O1. The smallest absolute Gasteiger partial charge is 0.329 e. The summed E-state index contributed by atoms with van der Waals surface area (Å²) in [5, 5.41) is 4.24. The van der Waals surface area contributed by atoms with E-state index in [-0.39, 0.29) is 5.97 Å². The van der Waals surface area contributed by atoms with Crippen LogP contribution >= 0.6 is 23.2 Å². The second-order valence-corrected chi connectivity index (χ2v) is 6.57. The van der Waals surface area contributed by atoms with Crippen LogP contribution in [0.1, 0.15) is 25.3 Å². The zero-order chi connectivity index (χ0) is 16.4. The van der Waals surface area contributed by atoms with Crippen molar-refractivity contribution in [2.75, 3.05) is 5.32 Å². The third kappa shape index (κ3) is 3.31. The van der Waals surface area contributed by atoms with Crippen molar-refractivity contribution < 1.29 is 9.53 Å². The van der Waals surface area contributed by atoms with Gasteiger partial charge < -0.3 is 10.1 Å². The Kier molecular flexibility index (Phi) is 4.51. The van der Waals surface area contributed by atoms with Crippen LogP contribution in [0.2, 0.25) is 10.0 Å². The van der Waals surface area contributed by atoms with Gasteiger partial charge in [-0.1, -0.05) is 60.5 Å². The third-order valence-electron chi connectivity index (χ3n) is 4.19. The third-order valence-corrected chi connectivity index (χ3v) is 4.63. The second-order valence-electron chi connectivity index (χ2n) is 5.69. The Hall–Kier alpha value is -1.71. The first-order chi connectivity index (χ1) is 11.0. The monoisotopic (exact) mass is 349 g/mol. The topological polar surface area (TPSA) is 38.3 Å². The van der Waals surface area contributed by atoms with E-state index in [0.29, 0.717) is 22.2 Å². The number of cyclic esters (lactones) is 1. The molecule has 1 N–H and O–H groups in total. The van der Waals surface area contributed by atoms with Gasteiger partial charge in [-0.15, -0.1) is 0 Å². The van der Waals surface area contributed by atoms with Gasteiger partial charge in [0, 0.05) is 22.2 Å². The number of benzene rings is 2. The fraction of sp³-hybridized carbons (Fsp3) is 0.278. The standard InChI is InChI=1S/C18H17Cl2NO2/c1-2-18(12-6-4-3-5-7-12)11-16(17(22)23-18)21-15-9-13(19)8-14(20)10-15/h3-10,16,21H,2,11H2,1H3. The summed E-state index contributed by atoms with van der Waals surface area (Å²) in [5.41, 5.74) is 1.15. The van der Waals surface area contributed by atoms with Crippen molar-refractivity contribution in [1.82, 2.24) is 0 Å². The molecule has 2 aromatic rings. The Labute approximate surface area is 145 Å². The number of carbonyl (C=O) groups is 1. The van der Waals surface area contributed by atoms with Crippen molar-refractivity contribution in [3.05, 3.63) is 64.1 Å². The molecular formula is C18H17Cl2NO2. The number of halogens is 2. The Balaban J connectivity index is 1.84. The molecule has 2 unspecified atom stereocenters. The number of anilines is 1. The quantitative estimate of drug-likeness (QED) is 0.787. The van der Waals surface area contributed by atoms with E-state index in [1.165, 1.54) is 0 Å². The van der Waals surface area contributed by atoms with Crippen LogP contribution < -0.4 is 5.32 Å². The molecule has 120 valence electrons. The van der Waals surface area contributed by atoms with E-state index in [2.05, 4.69) is 5.32 Å². The van der Waals surface area contributed by atoms with Crippen molar-refractivity contribution in [1.29, 1.82) is 0 Å². The summed E-state index contributed by atoms with van der Waals surface area (Å²) in [4.78, 5) is 12.3. The summed E-state index contributed by atoms with van der Waals surface area (Å²) in [5.74, 6) is -0.258. The van der Waals surface area contributed by atoms with Crippen molar-refractivity contribution in [2.24, 2.45) is 0 Å². The largest absolute Gasteiger partial charge is 0.453 e. The van der Waals surface area contributed by atoms with Crippen molar-refractivity contribution in [2.45, 2.75) is 31.4 Å². The Bertz CT molecular complexity index is 700. The summed E-state index contributed by atoms with van der Waals surface area (Å²) in [6.07, 6.45) is 1.29. The molecule has 1 heterocycles. The van der Waals surface area contributed by atoms with E-state index in [1.54, 1.807) is 18.2 Å². The average molecular weight is 350 g/mol. The summed E-state index contributed by atoms with van der Waals surface area (Å²) >= 11 is 12.0. The summed E-state index contributed by atoms with van der Waals surface area (Å²) in [7, 11) is 0. The first kappa shape index (κ1) is 16.2. The lowest BCUT2D eigenvalue weighted by Gasteiger charge is -2.26. The highest BCUT2D eigenvalue weighted by molar-refractivity contribution is 6.35. The van der Waals surface area contributed by atoms with Crippen LogP contribution in [0, 0.1) is 0 Å². The molecule has 1 fully saturated rings. The van der Waals surface area contributed by atoms with Crippen LogP contribution in [0.25, 0.3) is 0 Å². The zero-order valence-corrected chi connectivity index (χ0v) is 14.2. The van der Waals surface area contributed by atoms with Gasteiger partial charge in [0.2, 0.25) is 0 Å². The van der Waals surface area contributed by atoms with Crippen LogP contribution in [0.15, 0.2) is 48.5 Å². The van der Waals surface area contributed by atoms with E-state index in [0.717, 1.165) is 12.0 Å². The van der Waals surface area contributed by atoms with Gasteiger partial charge in [-0.25, -0.2) is 4.79 Å². The molecule has 2 atom stereocenters. The van der Waals surface area contributed by atoms with Gasteiger partial charge in [0.1, 0.15) is 11.6 Å². The maximum Gasteiger partial charge on any atom is 0.329 e. The minimum absolute atomic E-state index is 0.258. The fourth-order valence-corrected chi connectivity index (χ4v) is 3.53. The first-order valence-corrected chi connectivity index (χ1v) is 8.29. The highest BCUT2D eigenvalue weighted by Gasteiger charge is 2.46. The predicted octanol–water partition coefficient (Wildman–Crippen LogP) is 5.03. The lowest BCUT2D eigenvalue weighted by Crippen LogP contribution is -2.26. The molecule has 0 amide bonds. The molecule has 0 aliphatic carbocycles. The van der Waals surface area contributed by atoms with E-state index in [4.69, 9.17) is 27.9 Å². The number of hydrogen-bond donors (Lipinski definition) is 1. The van der Waals surface area contributed by atoms with E-state index in [1.807, 2.05) is 37.3 Å². The minimum atomic E-state index is -0.585. The van der Waals surface area contributed by atoms with E-state index in [9.17, 15) is 4.79 Å². The molecule has 2 aromatic carbocycles. The number of nitrogens with one attached hydrogen (secondary N) is 1. The molecule has 0 radical (unpaired) electrons. The molecule has 0 aromatic heterocycles. The Morgan fingerprint density at radius 2 is 1.83 bits per heavy atom. The van der Waals surface area contributed by atoms with Gasteiger partial charge >= 0.3 is 5.97 Å². The Morgan fingerprint density at radius 3 is 2.43 bits per heavy atom. The summed E-state index contributed by atoms with van der Waals surface area (Å²) in [6, 6.07) is 14.6. The van der Waals surface area contributed by atoms with Crippen LogP contribution in [-0.4, -0.2) is 12.0 Å². The van der Waals surface area contributed by atoms with Crippen LogP contribution in [0.4, 0.5) is 5.69 Å². The number of rotatable bonds is 4. The lowest BCUT2D eigenvalue weighted by molar-refractivity contribution is -0.150. The Morgan fingerprint density at radius 1 is 1.17 bits per heavy atom. The molecule has 0 spiro atoms. The molecule has 3 rings (SSSR count). The van der Waals surface area contributed by atoms with Crippen LogP contribution in [0.3, 0.4) is 0 Å². The van der Waals surface area contributed by atoms with Gasteiger partial charge in [0.25, 0.3) is 0 Å². The lowest BCUT2D eigenvalue weighted by atomic mass is 9.87. The van der Waals surface area contributed by atoms with Crippen molar-refractivity contribution >= 4 is 34.9 Å². The first-order valence-electron chi connectivity index (χ1n) is 7.53. The minimum Gasteiger partial charge on any atom is -0.453 e. The maximum absolute atomic E-state index is 12.3. The van der Waals surface area contributed by atoms with E-state index < -0.39 is 11.6 Å². The molecule has 1 aliphatic heterocycles. The van der Waals surface area contributed by atoms with Crippen molar-refractivity contribution in [3.8, 4) is 0 Å². The molecule has 0 saturated carbocycles. The van der Waals surface area contributed by atoms with Crippen LogP contribution in [-0.2, 0) is 15.1 Å². The molecular weight excluding hydrogens is 333 g/mol. The number of esters is 1. The zero-order valence-electron chi connectivity index (χ0n) is 12.7. The average Bonchev–Trinajstić information content (AvgIpc) is 2.85. The van der Waals surface area contributed by atoms with Crippen molar-refractivity contribution in [3.63, 3.8) is 0 Å². The van der Waals surface area contributed by atoms with Gasteiger partial charge in [-0.3, -0.25) is 0 Å². The highest BCUT2D eigenvalue weighted by Crippen LogP contribution is 2.40. The number of hydrogen-bond acceptors (Lipinski definition) is 3. The predicted molar refractivity (Wildman–Crippen MR) is 93.0 cm³/mol. The molecule has 23 heavy (non-hydrogen) atoms. The van der Waals surface area contributed by atoms with E-state index >= 15 is 0 Å². The highest BCUT2D eigenvalue weighted by atomic mass is 35.5. The summed E-state index contributed by atoms with van der Waals surface area (Å²) < 4.78 is 5.76. The van der Waals surface area contributed by atoms with Crippen LogP contribution in [0.5, 0.6) is 0 Å². The number of carbonyl (C=O) groups excluding carboxylic acids is 1. The van der Waals surface area contributed by atoms with Gasteiger partial charge in [0.05, 0.1) is 0 Å².